The standard InChI is InChI=1S/C13H17N3S/c17-11-15-13-3-1-12(2-4-13)5-8-16-9-6-14-7-10-16/h1-4,14H,5-10H2. The van der Waals surface area contributed by atoms with Gasteiger partial charge in [0.2, 0.25) is 0 Å². The van der Waals surface area contributed by atoms with Gasteiger partial charge in [0, 0.05) is 32.7 Å². The Morgan fingerprint density at radius 3 is 2.59 bits per heavy atom. The second kappa shape index (κ2) is 6.62. The van der Waals surface area contributed by atoms with Crippen molar-refractivity contribution in [3.8, 4) is 0 Å². The van der Waals surface area contributed by atoms with Crippen LogP contribution < -0.4 is 5.32 Å². The molecule has 3 nitrogen and oxygen atoms in total. The van der Waals surface area contributed by atoms with E-state index in [-0.39, 0.29) is 0 Å². The van der Waals surface area contributed by atoms with E-state index in [2.05, 4.69) is 44.7 Å². The van der Waals surface area contributed by atoms with Crippen molar-refractivity contribution >= 4 is 23.1 Å². The number of hydrogen-bond acceptors (Lipinski definition) is 4. The van der Waals surface area contributed by atoms with Crippen LogP contribution in [0.15, 0.2) is 29.3 Å². The number of nitrogens with zero attached hydrogens (tertiary/aromatic N) is 2. The van der Waals surface area contributed by atoms with E-state index < -0.39 is 0 Å². The van der Waals surface area contributed by atoms with Crippen LogP contribution in [0.4, 0.5) is 5.69 Å². The summed E-state index contributed by atoms with van der Waals surface area (Å²) < 4.78 is 0. The Hall–Kier alpha value is -1.06. The van der Waals surface area contributed by atoms with Gasteiger partial charge in [-0.1, -0.05) is 12.1 Å². The summed E-state index contributed by atoms with van der Waals surface area (Å²) in [6, 6.07) is 8.22. The molecule has 0 unspecified atom stereocenters. The van der Waals surface area contributed by atoms with Gasteiger partial charge in [-0.15, -0.1) is 0 Å². The molecule has 4 heteroatoms. The molecular weight excluding hydrogens is 230 g/mol. The topological polar surface area (TPSA) is 27.6 Å². The SMILES string of the molecule is S=C=Nc1ccc(CCN2CCNCC2)cc1. The Morgan fingerprint density at radius 2 is 1.94 bits per heavy atom. The summed E-state index contributed by atoms with van der Waals surface area (Å²) in [7, 11) is 0. The third kappa shape index (κ3) is 4.02. The van der Waals surface area contributed by atoms with Crippen LogP contribution in [0.1, 0.15) is 5.56 Å². The van der Waals surface area contributed by atoms with E-state index in [1.165, 1.54) is 5.56 Å². The first-order valence-corrected chi connectivity index (χ1v) is 6.39. The van der Waals surface area contributed by atoms with Gasteiger partial charge in [0.05, 0.1) is 10.8 Å². The van der Waals surface area contributed by atoms with Crippen molar-refractivity contribution in [1.82, 2.24) is 10.2 Å². The summed E-state index contributed by atoms with van der Waals surface area (Å²) in [5.41, 5.74) is 2.23. The van der Waals surface area contributed by atoms with Gasteiger partial charge in [0.1, 0.15) is 0 Å². The van der Waals surface area contributed by atoms with Crippen molar-refractivity contribution in [2.24, 2.45) is 4.99 Å². The molecule has 1 aliphatic heterocycles. The Kier molecular flexibility index (Phi) is 4.83. The average molecular weight is 247 g/mol. The maximum Gasteiger partial charge on any atom is 0.0739 e. The summed E-state index contributed by atoms with van der Waals surface area (Å²) in [5, 5.41) is 5.74. The van der Waals surface area contributed by atoms with Gasteiger partial charge in [0.25, 0.3) is 0 Å². The maximum absolute atomic E-state index is 4.57. The summed E-state index contributed by atoms with van der Waals surface area (Å²) in [6.45, 7) is 5.68. The third-order valence-electron chi connectivity index (χ3n) is 3.04. The predicted octanol–water partition coefficient (Wildman–Crippen LogP) is 1.87. The molecule has 0 aliphatic carbocycles. The van der Waals surface area contributed by atoms with Crippen LogP contribution in [0, 0.1) is 0 Å². The van der Waals surface area contributed by atoms with E-state index in [0.29, 0.717) is 0 Å². The molecule has 0 bridgehead atoms. The first kappa shape index (κ1) is 12.4. The first-order chi connectivity index (χ1) is 8.38. The lowest BCUT2D eigenvalue weighted by Gasteiger charge is -2.27. The Balaban J connectivity index is 1.83. The molecule has 0 radical (unpaired) electrons. The van der Waals surface area contributed by atoms with Crippen LogP contribution in [0.3, 0.4) is 0 Å². The van der Waals surface area contributed by atoms with E-state index in [1.807, 2.05) is 12.1 Å². The van der Waals surface area contributed by atoms with Crippen LogP contribution >= 0.6 is 12.2 Å². The summed E-state index contributed by atoms with van der Waals surface area (Å²) in [5.74, 6) is 0. The van der Waals surface area contributed by atoms with Gasteiger partial charge in [-0.05, 0) is 36.3 Å². The first-order valence-electron chi connectivity index (χ1n) is 5.98. The molecule has 1 aromatic rings. The fraction of sp³-hybridized carbons (Fsp3) is 0.462. The van der Waals surface area contributed by atoms with E-state index in [1.54, 1.807) is 0 Å². The van der Waals surface area contributed by atoms with Crippen molar-refractivity contribution in [1.29, 1.82) is 0 Å². The molecule has 1 fully saturated rings. The van der Waals surface area contributed by atoms with Gasteiger partial charge in [-0.2, -0.15) is 4.99 Å². The van der Waals surface area contributed by atoms with Crippen molar-refractivity contribution in [3.05, 3.63) is 29.8 Å². The van der Waals surface area contributed by atoms with Crippen LogP contribution in [-0.2, 0) is 6.42 Å². The monoisotopic (exact) mass is 247 g/mol. The number of piperazine rings is 1. The number of rotatable bonds is 4. The molecule has 0 atom stereocenters. The quantitative estimate of drug-likeness (QED) is 0.650. The Morgan fingerprint density at radius 1 is 1.24 bits per heavy atom. The average Bonchev–Trinajstić information content (AvgIpc) is 2.40. The van der Waals surface area contributed by atoms with E-state index in [0.717, 1.165) is 44.8 Å². The van der Waals surface area contributed by atoms with Crippen molar-refractivity contribution in [3.63, 3.8) is 0 Å². The molecule has 1 N–H and O–H groups in total. The Labute approximate surface area is 108 Å². The van der Waals surface area contributed by atoms with Crippen molar-refractivity contribution < 1.29 is 0 Å². The molecule has 17 heavy (non-hydrogen) atoms. The minimum atomic E-state index is 0.880. The Bertz CT molecular complexity index is 390. The van der Waals surface area contributed by atoms with Gasteiger partial charge >= 0.3 is 0 Å². The van der Waals surface area contributed by atoms with Crippen molar-refractivity contribution in [2.75, 3.05) is 32.7 Å². The fourth-order valence-electron chi connectivity index (χ4n) is 2.01. The van der Waals surface area contributed by atoms with Gasteiger partial charge in [0.15, 0.2) is 0 Å². The number of benzene rings is 1. The highest BCUT2D eigenvalue weighted by atomic mass is 32.1. The normalized spacial score (nSPS) is 16.5. The van der Waals surface area contributed by atoms with E-state index >= 15 is 0 Å². The smallest absolute Gasteiger partial charge is 0.0739 e. The lowest BCUT2D eigenvalue weighted by molar-refractivity contribution is 0.244. The lowest BCUT2D eigenvalue weighted by atomic mass is 10.1. The molecule has 1 saturated heterocycles. The minimum absolute atomic E-state index is 0.880. The molecule has 1 aromatic carbocycles. The van der Waals surface area contributed by atoms with Gasteiger partial charge < -0.3 is 10.2 Å². The van der Waals surface area contributed by atoms with Crippen LogP contribution in [0.25, 0.3) is 0 Å². The molecule has 0 amide bonds. The van der Waals surface area contributed by atoms with Crippen molar-refractivity contribution in [2.45, 2.75) is 6.42 Å². The van der Waals surface area contributed by atoms with E-state index in [4.69, 9.17) is 0 Å². The second-order valence-electron chi connectivity index (χ2n) is 4.21. The lowest BCUT2D eigenvalue weighted by Crippen LogP contribution is -2.44. The number of nitrogens with one attached hydrogen (secondary N) is 1. The highest BCUT2D eigenvalue weighted by molar-refractivity contribution is 7.78. The molecule has 0 spiro atoms. The zero-order valence-corrected chi connectivity index (χ0v) is 10.7. The number of isothiocyanates is 1. The zero-order chi connectivity index (χ0) is 11.9. The van der Waals surface area contributed by atoms with Gasteiger partial charge in [-0.3, -0.25) is 0 Å². The summed E-state index contributed by atoms with van der Waals surface area (Å²) in [4.78, 5) is 6.44. The molecule has 2 rings (SSSR count). The fourth-order valence-corrected chi connectivity index (χ4v) is 2.12. The molecule has 0 aromatic heterocycles. The number of aliphatic imine (C=N–C) groups is 1. The predicted molar refractivity (Wildman–Crippen MR) is 74.1 cm³/mol. The van der Waals surface area contributed by atoms with Crippen LogP contribution in [0.5, 0.6) is 0 Å². The molecular formula is C13H17N3S. The minimum Gasteiger partial charge on any atom is -0.314 e. The molecule has 1 aliphatic rings. The number of thiocarbonyl (C=S) groups is 1. The third-order valence-corrected chi connectivity index (χ3v) is 3.13. The molecule has 0 saturated carbocycles. The van der Waals surface area contributed by atoms with E-state index in [9.17, 15) is 0 Å². The zero-order valence-electron chi connectivity index (χ0n) is 9.85. The van der Waals surface area contributed by atoms with Crippen LogP contribution in [0.2, 0.25) is 0 Å². The molecule has 1 heterocycles. The molecule has 90 valence electrons. The maximum atomic E-state index is 4.57. The highest BCUT2D eigenvalue weighted by Crippen LogP contribution is 2.12. The highest BCUT2D eigenvalue weighted by Gasteiger charge is 2.08. The number of hydrogen-bond donors (Lipinski definition) is 1. The summed E-state index contributed by atoms with van der Waals surface area (Å²) in [6.07, 6.45) is 1.10. The second-order valence-corrected chi connectivity index (χ2v) is 4.39. The summed E-state index contributed by atoms with van der Waals surface area (Å²) >= 11 is 4.57. The largest absolute Gasteiger partial charge is 0.314 e. The van der Waals surface area contributed by atoms with Gasteiger partial charge in [-0.25, -0.2) is 0 Å². The van der Waals surface area contributed by atoms with Crippen LogP contribution in [-0.4, -0.2) is 42.8 Å².